The van der Waals surface area contributed by atoms with Crippen molar-refractivity contribution in [2.75, 3.05) is 0 Å². The fraction of sp³-hybridized carbons (Fsp3) is 0.269. The van der Waals surface area contributed by atoms with Gasteiger partial charge in [-0.25, -0.2) is 0 Å². The van der Waals surface area contributed by atoms with Crippen molar-refractivity contribution in [1.29, 1.82) is 5.26 Å². The molecule has 0 N–H and O–H groups in total. The normalized spacial score (nSPS) is 14.7. The Kier molecular flexibility index (Phi) is 6.64. The molecule has 1 aliphatic carbocycles. The molecule has 2 aromatic rings. The maximum Gasteiger partial charge on any atom is 0.163 e. The minimum absolute atomic E-state index is 0.0179. The van der Waals surface area contributed by atoms with Gasteiger partial charge in [0.2, 0.25) is 0 Å². The van der Waals surface area contributed by atoms with E-state index < -0.39 is 0 Å². The van der Waals surface area contributed by atoms with Crippen LogP contribution in [0, 0.1) is 11.3 Å². The SMILES string of the molecule is CC1=CC(C)=C(CCC(=O)c2ccc([C@H](C)Oc3ccccc3C#N)cc2)C(=O)C1. The lowest BCUT2D eigenvalue weighted by atomic mass is 9.89. The van der Waals surface area contributed by atoms with Crippen LogP contribution < -0.4 is 4.74 Å². The molecule has 0 radical (unpaired) electrons. The first-order valence-electron chi connectivity index (χ1n) is 10.1. The van der Waals surface area contributed by atoms with Crippen molar-refractivity contribution in [2.24, 2.45) is 0 Å². The third kappa shape index (κ3) is 4.93. The lowest BCUT2D eigenvalue weighted by molar-refractivity contribution is -0.115. The van der Waals surface area contributed by atoms with Crippen LogP contribution in [-0.2, 0) is 4.79 Å². The topological polar surface area (TPSA) is 67.2 Å². The Hall–Kier alpha value is -3.45. The summed E-state index contributed by atoms with van der Waals surface area (Å²) < 4.78 is 5.93. The van der Waals surface area contributed by atoms with Crippen LogP contribution in [0.1, 0.15) is 67.6 Å². The molecular formula is C26H25NO3. The molecule has 0 bridgehead atoms. The summed E-state index contributed by atoms with van der Waals surface area (Å²) in [6.07, 6.45) is 3.00. The number of carbonyl (C=O) groups excluding carboxylic acids is 2. The van der Waals surface area contributed by atoms with Gasteiger partial charge in [0.15, 0.2) is 11.6 Å². The van der Waals surface area contributed by atoms with Crippen LogP contribution in [-0.4, -0.2) is 11.6 Å². The first kappa shape index (κ1) is 21.3. The molecule has 1 atom stereocenters. The molecule has 4 heteroatoms. The number of rotatable bonds is 7. The fourth-order valence-electron chi connectivity index (χ4n) is 3.67. The Bertz CT molecular complexity index is 1070. The molecule has 2 aromatic carbocycles. The number of para-hydroxylation sites is 1. The Morgan fingerprint density at radius 1 is 1.13 bits per heavy atom. The summed E-state index contributed by atoms with van der Waals surface area (Å²) in [5, 5.41) is 9.19. The van der Waals surface area contributed by atoms with Crippen LogP contribution in [0.4, 0.5) is 0 Å². The van der Waals surface area contributed by atoms with Crippen molar-refractivity contribution in [3.63, 3.8) is 0 Å². The maximum absolute atomic E-state index is 12.6. The summed E-state index contributed by atoms with van der Waals surface area (Å²) >= 11 is 0. The van der Waals surface area contributed by atoms with E-state index in [-0.39, 0.29) is 17.7 Å². The van der Waals surface area contributed by atoms with E-state index in [1.165, 1.54) is 0 Å². The largest absolute Gasteiger partial charge is 0.485 e. The molecule has 4 nitrogen and oxygen atoms in total. The molecule has 0 aromatic heterocycles. The zero-order chi connectivity index (χ0) is 21.7. The molecule has 0 amide bonds. The molecule has 30 heavy (non-hydrogen) atoms. The van der Waals surface area contributed by atoms with E-state index in [0.29, 0.717) is 36.1 Å². The number of Topliss-reactive ketones (excluding diaryl/α,β-unsaturated/α-hetero) is 2. The van der Waals surface area contributed by atoms with E-state index in [0.717, 1.165) is 22.3 Å². The van der Waals surface area contributed by atoms with Gasteiger partial charge in [0.05, 0.1) is 5.56 Å². The number of ketones is 2. The highest BCUT2D eigenvalue weighted by atomic mass is 16.5. The Labute approximate surface area is 177 Å². The average molecular weight is 399 g/mol. The summed E-state index contributed by atoms with van der Waals surface area (Å²) in [6.45, 7) is 5.79. The second-order valence-electron chi connectivity index (χ2n) is 7.67. The molecular weight excluding hydrogens is 374 g/mol. The highest BCUT2D eigenvalue weighted by molar-refractivity contribution is 6.01. The van der Waals surface area contributed by atoms with E-state index in [1.807, 2.05) is 45.0 Å². The summed E-state index contributed by atoms with van der Waals surface area (Å²) in [6, 6.07) is 16.6. The first-order valence-corrected chi connectivity index (χ1v) is 10.1. The van der Waals surface area contributed by atoms with Gasteiger partial charge in [0.25, 0.3) is 0 Å². The van der Waals surface area contributed by atoms with Gasteiger partial charge in [0.1, 0.15) is 17.9 Å². The molecule has 3 rings (SSSR count). The zero-order valence-corrected chi connectivity index (χ0v) is 17.6. The van der Waals surface area contributed by atoms with E-state index in [2.05, 4.69) is 6.07 Å². The maximum atomic E-state index is 12.6. The molecule has 0 saturated carbocycles. The number of carbonyl (C=O) groups is 2. The number of ether oxygens (including phenoxy) is 1. The van der Waals surface area contributed by atoms with E-state index in [9.17, 15) is 14.9 Å². The molecule has 0 fully saturated rings. The van der Waals surface area contributed by atoms with Gasteiger partial charge in [-0.3, -0.25) is 9.59 Å². The van der Waals surface area contributed by atoms with Gasteiger partial charge in [0, 0.05) is 18.4 Å². The number of hydrogen-bond donors (Lipinski definition) is 0. The van der Waals surface area contributed by atoms with Crippen LogP contribution in [0.3, 0.4) is 0 Å². The molecule has 0 aliphatic heterocycles. The van der Waals surface area contributed by atoms with Gasteiger partial charge in [-0.1, -0.05) is 48.0 Å². The van der Waals surface area contributed by atoms with Crippen LogP contribution in [0.25, 0.3) is 0 Å². The Morgan fingerprint density at radius 2 is 1.83 bits per heavy atom. The van der Waals surface area contributed by atoms with Gasteiger partial charge < -0.3 is 4.74 Å². The lowest BCUT2D eigenvalue weighted by Gasteiger charge is -2.16. The third-order valence-electron chi connectivity index (χ3n) is 5.33. The van der Waals surface area contributed by atoms with Crippen molar-refractivity contribution in [3.8, 4) is 11.8 Å². The third-order valence-corrected chi connectivity index (χ3v) is 5.33. The van der Waals surface area contributed by atoms with Crippen LogP contribution >= 0.6 is 0 Å². The second-order valence-corrected chi connectivity index (χ2v) is 7.67. The fourth-order valence-corrected chi connectivity index (χ4v) is 3.67. The predicted octanol–water partition coefficient (Wildman–Crippen LogP) is 5.90. The van der Waals surface area contributed by atoms with Crippen LogP contribution in [0.2, 0.25) is 0 Å². The van der Waals surface area contributed by atoms with Gasteiger partial charge in [-0.2, -0.15) is 5.26 Å². The molecule has 1 aliphatic rings. The van der Waals surface area contributed by atoms with E-state index in [1.54, 1.807) is 30.3 Å². The molecule has 0 heterocycles. The number of nitriles is 1. The summed E-state index contributed by atoms with van der Waals surface area (Å²) in [7, 11) is 0. The lowest BCUT2D eigenvalue weighted by Crippen LogP contribution is -2.11. The molecule has 0 unspecified atom stereocenters. The number of benzene rings is 2. The second kappa shape index (κ2) is 9.37. The highest BCUT2D eigenvalue weighted by Crippen LogP contribution is 2.27. The number of nitrogens with zero attached hydrogens (tertiary/aromatic N) is 1. The summed E-state index contributed by atoms with van der Waals surface area (Å²) in [5.41, 5.74) is 4.83. The highest BCUT2D eigenvalue weighted by Gasteiger charge is 2.19. The minimum Gasteiger partial charge on any atom is -0.485 e. The van der Waals surface area contributed by atoms with Crippen molar-refractivity contribution in [2.45, 2.75) is 46.1 Å². The van der Waals surface area contributed by atoms with Crippen LogP contribution in [0.15, 0.2) is 71.3 Å². The minimum atomic E-state index is -0.258. The first-order chi connectivity index (χ1) is 14.4. The molecule has 0 saturated heterocycles. The Balaban J connectivity index is 1.64. The van der Waals surface area contributed by atoms with Crippen LogP contribution in [0.5, 0.6) is 5.75 Å². The van der Waals surface area contributed by atoms with Crippen molar-refractivity contribution in [1.82, 2.24) is 0 Å². The summed E-state index contributed by atoms with van der Waals surface area (Å²) in [4.78, 5) is 24.8. The molecule has 0 spiro atoms. The quantitative estimate of drug-likeness (QED) is 0.544. The van der Waals surface area contributed by atoms with E-state index >= 15 is 0 Å². The predicted molar refractivity (Wildman–Crippen MR) is 116 cm³/mol. The van der Waals surface area contributed by atoms with Gasteiger partial charge >= 0.3 is 0 Å². The monoisotopic (exact) mass is 399 g/mol. The number of hydrogen-bond acceptors (Lipinski definition) is 4. The molecule has 152 valence electrons. The van der Waals surface area contributed by atoms with Gasteiger partial charge in [-0.15, -0.1) is 0 Å². The zero-order valence-electron chi connectivity index (χ0n) is 17.6. The van der Waals surface area contributed by atoms with Crippen molar-refractivity contribution < 1.29 is 14.3 Å². The summed E-state index contributed by atoms with van der Waals surface area (Å²) in [5.74, 6) is 0.682. The average Bonchev–Trinajstić information content (AvgIpc) is 2.73. The van der Waals surface area contributed by atoms with Crippen molar-refractivity contribution in [3.05, 3.63) is 88.0 Å². The van der Waals surface area contributed by atoms with Crippen molar-refractivity contribution >= 4 is 11.6 Å². The number of allylic oxidation sites excluding steroid dienone is 4. The van der Waals surface area contributed by atoms with E-state index in [4.69, 9.17) is 4.74 Å². The smallest absolute Gasteiger partial charge is 0.163 e. The Morgan fingerprint density at radius 3 is 2.50 bits per heavy atom. The standard InChI is InChI=1S/C26H25NO3/c1-17-14-18(2)23(25(29)15-17)12-13-24(28)21-10-8-20(9-11-21)19(3)30-26-7-5-4-6-22(26)16-27/h4-11,14,19H,12-13,15H2,1-3H3/t19-/m0/s1. The van der Waals surface area contributed by atoms with Gasteiger partial charge in [-0.05, 0) is 56.0 Å².